The van der Waals surface area contributed by atoms with Crippen molar-refractivity contribution in [1.82, 2.24) is 4.57 Å². The van der Waals surface area contributed by atoms with Gasteiger partial charge in [0.1, 0.15) is 0 Å². The van der Waals surface area contributed by atoms with E-state index >= 15 is 0 Å². The Labute approximate surface area is 128 Å². The number of nitrogens with zero attached hydrogens (tertiary/aromatic N) is 1. The van der Waals surface area contributed by atoms with E-state index in [-0.39, 0.29) is 5.78 Å². The Morgan fingerprint density at radius 2 is 1.45 bits per heavy atom. The van der Waals surface area contributed by atoms with Gasteiger partial charge in [-0.3, -0.25) is 4.79 Å². The van der Waals surface area contributed by atoms with Crippen molar-refractivity contribution in [3.63, 3.8) is 0 Å². The number of rotatable bonds is 2. The molecule has 1 heterocycles. The summed E-state index contributed by atoms with van der Waals surface area (Å²) in [7, 11) is 0. The van der Waals surface area contributed by atoms with E-state index in [0.717, 1.165) is 33.1 Å². The molecule has 0 N–H and O–H groups in total. The molecule has 3 aromatic carbocycles. The molecule has 4 rings (SSSR count). The minimum absolute atomic E-state index is 0.0987. The van der Waals surface area contributed by atoms with Gasteiger partial charge in [0.25, 0.3) is 0 Å². The topological polar surface area (TPSA) is 22.0 Å². The van der Waals surface area contributed by atoms with Crippen LogP contribution in [0.4, 0.5) is 0 Å². The van der Waals surface area contributed by atoms with E-state index < -0.39 is 0 Å². The highest BCUT2D eigenvalue weighted by atomic mass is 16.1. The lowest BCUT2D eigenvalue weighted by molar-refractivity contribution is 0.101. The molecule has 1 aromatic heterocycles. The molecule has 0 unspecified atom stereocenters. The zero-order chi connectivity index (χ0) is 15.1. The zero-order valence-electron chi connectivity index (χ0n) is 12.3. The molecule has 106 valence electrons. The van der Waals surface area contributed by atoms with Gasteiger partial charge in [0.2, 0.25) is 0 Å². The Hall–Kier alpha value is -2.87. The predicted octanol–water partition coefficient (Wildman–Crippen LogP) is 4.99. The molecular formula is C20H15NO. The SMILES string of the molecule is CC(=O)c1cccc2c1c1ccccc1n2-c1ccccc1. The van der Waals surface area contributed by atoms with Crippen molar-refractivity contribution in [2.24, 2.45) is 0 Å². The Morgan fingerprint density at radius 3 is 2.23 bits per heavy atom. The van der Waals surface area contributed by atoms with Crippen LogP contribution in [0.3, 0.4) is 0 Å². The number of hydrogen-bond acceptors (Lipinski definition) is 1. The first-order valence-electron chi connectivity index (χ1n) is 7.36. The van der Waals surface area contributed by atoms with E-state index in [0.29, 0.717) is 0 Å². The summed E-state index contributed by atoms with van der Waals surface area (Å²) in [6.07, 6.45) is 0. The summed E-state index contributed by atoms with van der Waals surface area (Å²) in [6.45, 7) is 1.63. The van der Waals surface area contributed by atoms with Crippen LogP contribution in [0.25, 0.3) is 27.5 Å². The molecule has 2 heteroatoms. The summed E-state index contributed by atoms with van der Waals surface area (Å²) in [4.78, 5) is 12.0. The van der Waals surface area contributed by atoms with Crippen molar-refractivity contribution in [1.29, 1.82) is 0 Å². The Balaban J connectivity index is 2.25. The number of para-hydroxylation sites is 2. The fraction of sp³-hybridized carbons (Fsp3) is 0.0500. The van der Waals surface area contributed by atoms with E-state index in [1.807, 2.05) is 42.5 Å². The number of aromatic nitrogens is 1. The lowest BCUT2D eigenvalue weighted by Gasteiger charge is -2.07. The van der Waals surface area contributed by atoms with E-state index in [2.05, 4.69) is 34.9 Å². The molecule has 0 amide bonds. The second kappa shape index (κ2) is 4.85. The number of Topliss-reactive ketones (excluding diaryl/α,β-unsaturated/α-hetero) is 1. The van der Waals surface area contributed by atoms with Crippen molar-refractivity contribution in [3.05, 3.63) is 78.4 Å². The summed E-state index contributed by atoms with van der Waals surface area (Å²) >= 11 is 0. The molecule has 0 atom stereocenters. The number of benzene rings is 3. The third kappa shape index (κ3) is 1.77. The summed E-state index contributed by atoms with van der Waals surface area (Å²) in [5.41, 5.74) is 4.08. The molecule has 0 spiro atoms. The van der Waals surface area contributed by atoms with Gasteiger partial charge < -0.3 is 4.57 Å². The molecule has 0 aliphatic carbocycles. The molecule has 0 aliphatic rings. The monoisotopic (exact) mass is 285 g/mol. The summed E-state index contributed by atoms with van der Waals surface area (Å²) in [5, 5.41) is 2.15. The smallest absolute Gasteiger partial charge is 0.160 e. The number of fused-ring (bicyclic) bond motifs is 3. The summed E-state index contributed by atoms with van der Waals surface area (Å²) < 4.78 is 2.22. The Morgan fingerprint density at radius 1 is 0.773 bits per heavy atom. The van der Waals surface area contributed by atoms with Gasteiger partial charge in [-0.1, -0.05) is 48.5 Å². The molecular weight excluding hydrogens is 270 g/mol. The number of carbonyl (C=O) groups is 1. The fourth-order valence-electron chi connectivity index (χ4n) is 3.17. The number of hydrogen-bond donors (Lipinski definition) is 0. The van der Waals surface area contributed by atoms with E-state index in [1.165, 1.54) is 0 Å². The first kappa shape index (κ1) is 12.8. The van der Waals surface area contributed by atoms with Crippen LogP contribution < -0.4 is 0 Å². The van der Waals surface area contributed by atoms with Crippen LogP contribution in [-0.4, -0.2) is 10.4 Å². The molecule has 4 aromatic rings. The third-order valence-electron chi connectivity index (χ3n) is 4.09. The van der Waals surface area contributed by atoms with Gasteiger partial charge in [0.05, 0.1) is 11.0 Å². The Bertz CT molecular complexity index is 996. The number of carbonyl (C=O) groups excluding carboxylic acids is 1. The average Bonchev–Trinajstić information content (AvgIpc) is 2.90. The highest BCUT2D eigenvalue weighted by molar-refractivity contribution is 6.18. The molecule has 2 nitrogen and oxygen atoms in total. The van der Waals surface area contributed by atoms with Crippen molar-refractivity contribution in [2.75, 3.05) is 0 Å². The van der Waals surface area contributed by atoms with Gasteiger partial charge in [0, 0.05) is 22.0 Å². The molecule has 0 saturated carbocycles. The van der Waals surface area contributed by atoms with Gasteiger partial charge in [-0.2, -0.15) is 0 Å². The summed E-state index contributed by atoms with van der Waals surface area (Å²) in [5.74, 6) is 0.0987. The van der Waals surface area contributed by atoms with Gasteiger partial charge in [-0.15, -0.1) is 0 Å². The average molecular weight is 285 g/mol. The quantitative estimate of drug-likeness (QED) is 0.476. The molecule has 0 aliphatic heterocycles. The number of ketones is 1. The van der Waals surface area contributed by atoms with Crippen LogP contribution in [-0.2, 0) is 0 Å². The minimum atomic E-state index is 0.0987. The zero-order valence-corrected chi connectivity index (χ0v) is 12.3. The van der Waals surface area contributed by atoms with Gasteiger partial charge in [0.15, 0.2) is 5.78 Å². The second-order valence-corrected chi connectivity index (χ2v) is 5.44. The van der Waals surface area contributed by atoms with E-state index in [4.69, 9.17) is 0 Å². The maximum absolute atomic E-state index is 12.0. The van der Waals surface area contributed by atoms with Crippen molar-refractivity contribution in [2.45, 2.75) is 6.92 Å². The maximum atomic E-state index is 12.0. The summed E-state index contributed by atoms with van der Waals surface area (Å²) in [6, 6.07) is 24.4. The standard InChI is InChI=1S/C20H15NO/c1-14(22)16-11-7-13-19-20(16)17-10-5-6-12-18(17)21(19)15-8-3-2-4-9-15/h2-13H,1H3. The lowest BCUT2D eigenvalue weighted by atomic mass is 10.0. The predicted molar refractivity (Wildman–Crippen MR) is 90.8 cm³/mol. The van der Waals surface area contributed by atoms with Crippen LogP contribution in [0.5, 0.6) is 0 Å². The second-order valence-electron chi connectivity index (χ2n) is 5.44. The molecule has 0 fully saturated rings. The van der Waals surface area contributed by atoms with Crippen molar-refractivity contribution < 1.29 is 4.79 Å². The maximum Gasteiger partial charge on any atom is 0.160 e. The highest BCUT2D eigenvalue weighted by Gasteiger charge is 2.15. The van der Waals surface area contributed by atoms with Gasteiger partial charge in [-0.25, -0.2) is 0 Å². The molecule has 22 heavy (non-hydrogen) atoms. The van der Waals surface area contributed by atoms with Crippen LogP contribution in [0.15, 0.2) is 72.8 Å². The van der Waals surface area contributed by atoms with Crippen LogP contribution in [0, 0.1) is 0 Å². The normalized spacial score (nSPS) is 11.1. The van der Waals surface area contributed by atoms with E-state index in [9.17, 15) is 4.79 Å². The van der Waals surface area contributed by atoms with Crippen LogP contribution in [0.1, 0.15) is 17.3 Å². The first-order chi connectivity index (χ1) is 10.8. The largest absolute Gasteiger partial charge is 0.309 e. The molecule has 0 bridgehead atoms. The Kier molecular flexibility index (Phi) is 2.83. The third-order valence-corrected chi connectivity index (χ3v) is 4.09. The van der Waals surface area contributed by atoms with Crippen molar-refractivity contribution in [3.8, 4) is 5.69 Å². The van der Waals surface area contributed by atoms with E-state index in [1.54, 1.807) is 6.92 Å². The molecule has 0 saturated heterocycles. The van der Waals surface area contributed by atoms with Crippen LogP contribution >= 0.6 is 0 Å². The lowest BCUT2D eigenvalue weighted by Crippen LogP contribution is -1.95. The van der Waals surface area contributed by atoms with Gasteiger partial charge in [-0.05, 0) is 31.2 Å². The minimum Gasteiger partial charge on any atom is -0.309 e. The molecule has 0 radical (unpaired) electrons. The van der Waals surface area contributed by atoms with Crippen LogP contribution in [0.2, 0.25) is 0 Å². The van der Waals surface area contributed by atoms with Gasteiger partial charge >= 0.3 is 0 Å². The fourth-order valence-corrected chi connectivity index (χ4v) is 3.17. The highest BCUT2D eigenvalue weighted by Crippen LogP contribution is 2.34. The first-order valence-corrected chi connectivity index (χ1v) is 7.36. The van der Waals surface area contributed by atoms with Crippen molar-refractivity contribution >= 4 is 27.6 Å².